The second-order valence-corrected chi connectivity index (χ2v) is 5.35. The Kier molecular flexibility index (Phi) is 3.86. The Morgan fingerprint density at radius 3 is 2.88 bits per heavy atom. The summed E-state index contributed by atoms with van der Waals surface area (Å²) < 4.78 is 5.91. The Bertz CT molecular complexity index is 326. The van der Waals surface area contributed by atoms with Gasteiger partial charge in [-0.2, -0.15) is 0 Å². The second-order valence-electron chi connectivity index (χ2n) is 5.35. The van der Waals surface area contributed by atoms with Crippen LogP contribution in [0.3, 0.4) is 0 Å². The summed E-state index contributed by atoms with van der Waals surface area (Å²) in [6.45, 7) is 0.694. The average molecular weight is 235 g/mol. The molecule has 2 fully saturated rings. The standard InChI is InChI=1S/C14H21NO2/c1-2-5-12(15)13(16)11-6-9-17-14(10-11)7-3-4-8-14/h1,11-12H,3-10,15H2. The maximum Gasteiger partial charge on any atom is 0.153 e. The molecular weight excluding hydrogens is 214 g/mol. The lowest BCUT2D eigenvalue weighted by atomic mass is 9.80. The van der Waals surface area contributed by atoms with Gasteiger partial charge in [0.15, 0.2) is 5.78 Å². The molecule has 2 rings (SSSR count). The molecule has 1 spiro atoms. The van der Waals surface area contributed by atoms with E-state index in [2.05, 4.69) is 5.92 Å². The van der Waals surface area contributed by atoms with Gasteiger partial charge in [0.25, 0.3) is 0 Å². The van der Waals surface area contributed by atoms with Crippen molar-refractivity contribution in [2.24, 2.45) is 11.7 Å². The lowest BCUT2D eigenvalue weighted by molar-refractivity contribution is -0.137. The molecular formula is C14H21NO2. The minimum atomic E-state index is -0.485. The van der Waals surface area contributed by atoms with Crippen LogP contribution in [0.15, 0.2) is 0 Å². The van der Waals surface area contributed by atoms with Gasteiger partial charge in [-0.3, -0.25) is 4.79 Å². The predicted molar refractivity (Wildman–Crippen MR) is 66.3 cm³/mol. The summed E-state index contributed by atoms with van der Waals surface area (Å²) in [6, 6.07) is -0.485. The van der Waals surface area contributed by atoms with Crippen LogP contribution in [0.25, 0.3) is 0 Å². The zero-order valence-electron chi connectivity index (χ0n) is 10.3. The molecule has 2 atom stereocenters. The van der Waals surface area contributed by atoms with Gasteiger partial charge in [-0.05, 0) is 25.7 Å². The number of ether oxygens (including phenoxy) is 1. The van der Waals surface area contributed by atoms with E-state index in [4.69, 9.17) is 16.9 Å². The van der Waals surface area contributed by atoms with Gasteiger partial charge in [-0.1, -0.05) is 12.8 Å². The predicted octanol–water partition coefficient (Wildman–Crippen LogP) is 1.65. The molecule has 1 aliphatic heterocycles. The summed E-state index contributed by atoms with van der Waals surface area (Å²) in [5.41, 5.74) is 5.79. The van der Waals surface area contributed by atoms with Gasteiger partial charge >= 0.3 is 0 Å². The maximum absolute atomic E-state index is 12.2. The van der Waals surface area contributed by atoms with Crippen LogP contribution in [-0.4, -0.2) is 24.0 Å². The number of rotatable bonds is 3. The Labute approximate surface area is 103 Å². The van der Waals surface area contributed by atoms with Crippen LogP contribution in [0.4, 0.5) is 0 Å². The topological polar surface area (TPSA) is 52.3 Å². The van der Waals surface area contributed by atoms with Crippen LogP contribution in [0, 0.1) is 18.3 Å². The third-order valence-electron chi connectivity index (χ3n) is 4.11. The zero-order chi connectivity index (χ0) is 12.3. The van der Waals surface area contributed by atoms with E-state index in [0.29, 0.717) is 13.0 Å². The molecule has 3 nitrogen and oxygen atoms in total. The fraction of sp³-hybridized carbons (Fsp3) is 0.786. The molecule has 2 N–H and O–H groups in total. The normalized spacial score (nSPS) is 28.8. The van der Waals surface area contributed by atoms with Crippen molar-refractivity contribution in [3.05, 3.63) is 0 Å². The van der Waals surface area contributed by atoms with Crippen molar-refractivity contribution >= 4 is 5.78 Å². The molecule has 2 unspecified atom stereocenters. The van der Waals surface area contributed by atoms with Crippen molar-refractivity contribution in [2.75, 3.05) is 6.61 Å². The van der Waals surface area contributed by atoms with E-state index in [1.807, 2.05) is 0 Å². The molecule has 0 amide bonds. The first-order valence-corrected chi connectivity index (χ1v) is 6.54. The Morgan fingerprint density at radius 2 is 2.24 bits per heavy atom. The van der Waals surface area contributed by atoms with E-state index >= 15 is 0 Å². The third kappa shape index (κ3) is 2.70. The number of hydrogen-bond donors (Lipinski definition) is 1. The minimum absolute atomic E-state index is 0.0194. The van der Waals surface area contributed by atoms with Crippen LogP contribution < -0.4 is 5.73 Å². The Hall–Kier alpha value is -0.850. The van der Waals surface area contributed by atoms with E-state index in [9.17, 15) is 4.79 Å². The van der Waals surface area contributed by atoms with E-state index < -0.39 is 6.04 Å². The monoisotopic (exact) mass is 235 g/mol. The number of carbonyl (C=O) groups is 1. The quantitative estimate of drug-likeness (QED) is 0.757. The maximum atomic E-state index is 12.2. The molecule has 1 heterocycles. The summed E-state index contributed by atoms with van der Waals surface area (Å²) in [6.07, 6.45) is 11.8. The lowest BCUT2D eigenvalue weighted by Gasteiger charge is -2.38. The first-order valence-electron chi connectivity index (χ1n) is 6.54. The number of Topliss-reactive ketones (excluding diaryl/α,β-unsaturated/α-hetero) is 1. The molecule has 1 aliphatic carbocycles. The molecule has 0 bridgehead atoms. The van der Waals surface area contributed by atoms with Crippen LogP contribution in [0.5, 0.6) is 0 Å². The van der Waals surface area contributed by atoms with Crippen LogP contribution in [0.2, 0.25) is 0 Å². The van der Waals surface area contributed by atoms with Crippen molar-refractivity contribution in [3.63, 3.8) is 0 Å². The molecule has 3 heteroatoms. The van der Waals surface area contributed by atoms with E-state index in [1.54, 1.807) is 0 Å². The number of carbonyl (C=O) groups excluding carboxylic acids is 1. The fourth-order valence-corrected chi connectivity index (χ4v) is 3.17. The van der Waals surface area contributed by atoms with Gasteiger partial charge in [-0.15, -0.1) is 12.3 Å². The van der Waals surface area contributed by atoms with E-state index in [-0.39, 0.29) is 17.3 Å². The van der Waals surface area contributed by atoms with Crippen molar-refractivity contribution in [2.45, 2.75) is 56.6 Å². The molecule has 1 saturated carbocycles. The van der Waals surface area contributed by atoms with Crippen LogP contribution >= 0.6 is 0 Å². The first-order chi connectivity index (χ1) is 8.17. The number of nitrogens with two attached hydrogens (primary N) is 1. The highest BCUT2D eigenvalue weighted by Crippen LogP contribution is 2.42. The smallest absolute Gasteiger partial charge is 0.153 e. The minimum Gasteiger partial charge on any atom is -0.375 e. The second kappa shape index (κ2) is 5.20. The molecule has 0 aromatic heterocycles. The van der Waals surface area contributed by atoms with Gasteiger partial charge in [0.1, 0.15) is 0 Å². The molecule has 0 radical (unpaired) electrons. The molecule has 0 aromatic rings. The first kappa shape index (κ1) is 12.6. The summed E-state index contributed by atoms with van der Waals surface area (Å²) in [7, 11) is 0. The lowest BCUT2D eigenvalue weighted by Crippen LogP contribution is -2.44. The molecule has 1 saturated heterocycles. The van der Waals surface area contributed by atoms with Gasteiger partial charge in [-0.25, -0.2) is 0 Å². The van der Waals surface area contributed by atoms with Gasteiger partial charge < -0.3 is 10.5 Å². The average Bonchev–Trinajstić information content (AvgIpc) is 2.76. The SMILES string of the molecule is C#CCC(N)C(=O)C1CCOC2(CCCC2)C1. The fourth-order valence-electron chi connectivity index (χ4n) is 3.17. The van der Waals surface area contributed by atoms with Gasteiger partial charge in [0.2, 0.25) is 0 Å². The van der Waals surface area contributed by atoms with Crippen LogP contribution in [0.1, 0.15) is 44.9 Å². The molecule has 0 aromatic carbocycles. The summed E-state index contributed by atoms with van der Waals surface area (Å²) in [5.74, 6) is 2.67. The van der Waals surface area contributed by atoms with Crippen molar-refractivity contribution < 1.29 is 9.53 Å². The van der Waals surface area contributed by atoms with E-state index in [0.717, 1.165) is 25.7 Å². The van der Waals surface area contributed by atoms with Crippen molar-refractivity contribution in [1.82, 2.24) is 0 Å². The third-order valence-corrected chi connectivity index (χ3v) is 4.11. The van der Waals surface area contributed by atoms with Crippen molar-refractivity contribution in [3.8, 4) is 12.3 Å². The molecule has 17 heavy (non-hydrogen) atoms. The summed E-state index contributed by atoms with van der Waals surface area (Å²) in [5, 5.41) is 0. The Morgan fingerprint density at radius 1 is 1.53 bits per heavy atom. The van der Waals surface area contributed by atoms with Crippen LogP contribution in [-0.2, 0) is 9.53 Å². The largest absolute Gasteiger partial charge is 0.375 e. The number of hydrogen-bond acceptors (Lipinski definition) is 3. The molecule has 2 aliphatic rings. The van der Waals surface area contributed by atoms with Gasteiger partial charge in [0, 0.05) is 18.9 Å². The number of ketones is 1. The highest BCUT2D eigenvalue weighted by Gasteiger charge is 2.42. The zero-order valence-corrected chi connectivity index (χ0v) is 10.3. The summed E-state index contributed by atoms with van der Waals surface area (Å²) >= 11 is 0. The highest BCUT2D eigenvalue weighted by atomic mass is 16.5. The van der Waals surface area contributed by atoms with Crippen molar-refractivity contribution in [1.29, 1.82) is 0 Å². The highest BCUT2D eigenvalue weighted by molar-refractivity contribution is 5.86. The van der Waals surface area contributed by atoms with Gasteiger partial charge in [0.05, 0.1) is 11.6 Å². The summed E-state index contributed by atoms with van der Waals surface area (Å²) in [4.78, 5) is 12.2. The number of terminal acetylenes is 1. The molecule has 94 valence electrons. The van der Waals surface area contributed by atoms with E-state index in [1.165, 1.54) is 12.8 Å². The Balaban J connectivity index is 1.97.